The van der Waals surface area contributed by atoms with E-state index in [4.69, 9.17) is 4.74 Å². The zero-order valence-corrected chi connectivity index (χ0v) is 13.7. The fourth-order valence-corrected chi connectivity index (χ4v) is 3.16. The van der Waals surface area contributed by atoms with E-state index in [0.29, 0.717) is 5.52 Å². The van der Waals surface area contributed by atoms with Crippen molar-refractivity contribution >= 4 is 22.6 Å². The van der Waals surface area contributed by atoms with Gasteiger partial charge in [-0.3, -0.25) is 0 Å². The first-order valence-electron chi connectivity index (χ1n) is 8.28. The van der Waals surface area contributed by atoms with Gasteiger partial charge in [-0.1, -0.05) is 30.3 Å². The molecule has 2 aromatic carbocycles. The Labute approximate surface area is 145 Å². The topological polar surface area (TPSA) is 62.7 Å². The van der Waals surface area contributed by atoms with Crippen LogP contribution in [-0.2, 0) is 4.74 Å². The molecule has 5 nitrogen and oxygen atoms in total. The Morgan fingerprint density at radius 2 is 1.84 bits per heavy atom. The predicted octanol–water partition coefficient (Wildman–Crippen LogP) is 3.44. The van der Waals surface area contributed by atoms with Gasteiger partial charge in [0.25, 0.3) is 0 Å². The Hall–Kier alpha value is -2.92. The van der Waals surface area contributed by atoms with Crippen LogP contribution in [0.3, 0.4) is 0 Å². The predicted molar refractivity (Wildman–Crippen MR) is 97.2 cm³/mol. The number of anilines is 1. The van der Waals surface area contributed by atoms with Crippen molar-refractivity contribution in [2.45, 2.75) is 0 Å². The lowest BCUT2D eigenvalue weighted by atomic mass is 10.1. The minimum Gasteiger partial charge on any atom is -0.478 e. The minimum atomic E-state index is -0.961. The van der Waals surface area contributed by atoms with Gasteiger partial charge in [-0.2, -0.15) is 0 Å². The summed E-state index contributed by atoms with van der Waals surface area (Å²) in [5.74, 6) is -0.961. The monoisotopic (exact) mass is 334 g/mol. The lowest BCUT2D eigenvalue weighted by Crippen LogP contribution is -2.36. The van der Waals surface area contributed by atoms with Gasteiger partial charge in [0.1, 0.15) is 0 Å². The van der Waals surface area contributed by atoms with Gasteiger partial charge in [-0.15, -0.1) is 0 Å². The Balaban J connectivity index is 1.76. The van der Waals surface area contributed by atoms with E-state index in [1.807, 2.05) is 30.3 Å². The smallest absolute Gasteiger partial charge is 0.337 e. The third-order valence-electron chi connectivity index (χ3n) is 4.47. The zero-order valence-electron chi connectivity index (χ0n) is 13.7. The minimum absolute atomic E-state index is 0.226. The summed E-state index contributed by atoms with van der Waals surface area (Å²) in [5, 5.41) is 10.2. The highest BCUT2D eigenvalue weighted by Gasteiger charge is 2.13. The highest BCUT2D eigenvalue weighted by atomic mass is 16.5. The maximum Gasteiger partial charge on any atom is 0.337 e. The molecule has 0 bridgehead atoms. The van der Waals surface area contributed by atoms with Crippen molar-refractivity contribution in [1.82, 2.24) is 4.98 Å². The number of carboxylic acid groups (broad SMARTS) is 1. The second-order valence-electron chi connectivity index (χ2n) is 6.03. The fraction of sp³-hybridized carbons (Fsp3) is 0.200. The van der Waals surface area contributed by atoms with Crippen LogP contribution < -0.4 is 4.90 Å². The molecule has 0 radical (unpaired) electrons. The molecule has 126 valence electrons. The molecule has 0 unspecified atom stereocenters. The Bertz CT molecular complexity index is 933. The maximum absolute atomic E-state index is 11.5. The number of aromatic nitrogens is 1. The molecule has 0 atom stereocenters. The van der Waals surface area contributed by atoms with Crippen LogP contribution in [0.25, 0.3) is 22.2 Å². The molecule has 0 amide bonds. The molecule has 1 aliphatic heterocycles. The summed E-state index contributed by atoms with van der Waals surface area (Å²) in [5.41, 5.74) is 3.63. The molecule has 1 aliphatic rings. The first-order valence-corrected chi connectivity index (χ1v) is 8.28. The van der Waals surface area contributed by atoms with Crippen LogP contribution >= 0.6 is 0 Å². The largest absolute Gasteiger partial charge is 0.478 e. The first-order chi connectivity index (χ1) is 12.2. The van der Waals surface area contributed by atoms with E-state index < -0.39 is 5.97 Å². The number of benzene rings is 2. The SMILES string of the molecule is O=C(O)c1cccc2ccc(-c3cccc(N4CCOCC4)c3)nc12. The Kier molecular flexibility index (Phi) is 4.07. The van der Waals surface area contributed by atoms with Crippen LogP contribution in [0.1, 0.15) is 10.4 Å². The summed E-state index contributed by atoms with van der Waals surface area (Å²) < 4.78 is 5.41. The molecule has 1 N–H and O–H groups in total. The highest BCUT2D eigenvalue weighted by molar-refractivity contribution is 6.02. The molecule has 0 spiro atoms. The van der Waals surface area contributed by atoms with Crippen LogP contribution in [0.5, 0.6) is 0 Å². The van der Waals surface area contributed by atoms with Crippen LogP contribution in [0, 0.1) is 0 Å². The number of hydrogen-bond donors (Lipinski definition) is 1. The van der Waals surface area contributed by atoms with Crippen molar-refractivity contribution < 1.29 is 14.6 Å². The van der Waals surface area contributed by atoms with E-state index in [9.17, 15) is 9.90 Å². The van der Waals surface area contributed by atoms with Gasteiger partial charge in [0.05, 0.1) is 30.0 Å². The number of morpholine rings is 1. The molecule has 4 rings (SSSR count). The lowest BCUT2D eigenvalue weighted by Gasteiger charge is -2.29. The number of aromatic carboxylic acids is 1. The number of carbonyl (C=O) groups is 1. The van der Waals surface area contributed by atoms with E-state index in [2.05, 4.69) is 22.0 Å². The molecule has 1 aromatic heterocycles. The molecule has 5 heteroatoms. The normalized spacial score (nSPS) is 14.6. The van der Waals surface area contributed by atoms with Crippen LogP contribution in [0.2, 0.25) is 0 Å². The molecule has 25 heavy (non-hydrogen) atoms. The van der Waals surface area contributed by atoms with Gasteiger partial charge < -0.3 is 14.7 Å². The van der Waals surface area contributed by atoms with Crippen molar-refractivity contribution in [3.05, 3.63) is 60.2 Å². The third kappa shape index (κ3) is 3.06. The van der Waals surface area contributed by atoms with E-state index in [1.54, 1.807) is 12.1 Å². The van der Waals surface area contributed by atoms with Gasteiger partial charge in [0.15, 0.2) is 0 Å². The zero-order chi connectivity index (χ0) is 17.2. The van der Waals surface area contributed by atoms with E-state index in [0.717, 1.165) is 48.6 Å². The first kappa shape index (κ1) is 15.6. The summed E-state index contributed by atoms with van der Waals surface area (Å²) in [6, 6.07) is 17.3. The standard InChI is InChI=1S/C20H18N2O3/c23-20(24)17-6-2-3-14-7-8-18(21-19(14)17)15-4-1-5-16(13-15)22-9-11-25-12-10-22/h1-8,13H,9-12H2,(H,23,24). The van der Waals surface area contributed by atoms with Gasteiger partial charge >= 0.3 is 5.97 Å². The van der Waals surface area contributed by atoms with Crippen LogP contribution in [0.15, 0.2) is 54.6 Å². The second-order valence-corrected chi connectivity index (χ2v) is 6.03. The second kappa shape index (κ2) is 6.53. The summed E-state index contributed by atoms with van der Waals surface area (Å²) in [6.07, 6.45) is 0. The summed E-state index contributed by atoms with van der Waals surface area (Å²) in [7, 11) is 0. The average Bonchev–Trinajstić information content (AvgIpc) is 2.68. The van der Waals surface area contributed by atoms with Gasteiger partial charge in [-0.25, -0.2) is 9.78 Å². The molecule has 1 saturated heterocycles. The van der Waals surface area contributed by atoms with Crippen molar-refractivity contribution in [2.24, 2.45) is 0 Å². The molecular weight excluding hydrogens is 316 g/mol. The number of carboxylic acids is 1. The van der Waals surface area contributed by atoms with Crippen molar-refractivity contribution in [3.63, 3.8) is 0 Å². The summed E-state index contributed by atoms with van der Waals surface area (Å²) in [6.45, 7) is 3.22. The molecule has 0 saturated carbocycles. The number of nitrogens with zero attached hydrogens (tertiary/aromatic N) is 2. The lowest BCUT2D eigenvalue weighted by molar-refractivity contribution is 0.0699. The summed E-state index contributed by atoms with van der Waals surface area (Å²) in [4.78, 5) is 18.4. The van der Waals surface area contributed by atoms with Crippen molar-refractivity contribution in [3.8, 4) is 11.3 Å². The van der Waals surface area contributed by atoms with Gasteiger partial charge in [-0.05, 0) is 24.3 Å². The maximum atomic E-state index is 11.5. The van der Waals surface area contributed by atoms with E-state index in [-0.39, 0.29) is 5.56 Å². The van der Waals surface area contributed by atoms with Crippen molar-refractivity contribution in [2.75, 3.05) is 31.2 Å². The number of rotatable bonds is 3. The van der Waals surface area contributed by atoms with Gasteiger partial charge in [0, 0.05) is 29.7 Å². The number of fused-ring (bicyclic) bond motifs is 1. The molecule has 1 fully saturated rings. The Morgan fingerprint density at radius 1 is 1.04 bits per heavy atom. The number of hydrogen-bond acceptors (Lipinski definition) is 4. The number of pyridine rings is 1. The van der Waals surface area contributed by atoms with Crippen LogP contribution in [-0.4, -0.2) is 42.4 Å². The van der Waals surface area contributed by atoms with Crippen molar-refractivity contribution in [1.29, 1.82) is 0 Å². The third-order valence-corrected chi connectivity index (χ3v) is 4.47. The Morgan fingerprint density at radius 3 is 2.64 bits per heavy atom. The van der Waals surface area contributed by atoms with Crippen LogP contribution in [0.4, 0.5) is 5.69 Å². The average molecular weight is 334 g/mol. The molecule has 3 aromatic rings. The van der Waals surface area contributed by atoms with Gasteiger partial charge in [0.2, 0.25) is 0 Å². The quantitative estimate of drug-likeness (QED) is 0.795. The number of para-hydroxylation sites is 1. The molecular formula is C20H18N2O3. The van der Waals surface area contributed by atoms with E-state index in [1.165, 1.54) is 0 Å². The molecule has 2 heterocycles. The van der Waals surface area contributed by atoms with E-state index >= 15 is 0 Å². The number of ether oxygens (including phenoxy) is 1. The fourth-order valence-electron chi connectivity index (χ4n) is 3.16. The summed E-state index contributed by atoms with van der Waals surface area (Å²) >= 11 is 0. The molecule has 0 aliphatic carbocycles. The highest BCUT2D eigenvalue weighted by Crippen LogP contribution is 2.27.